The number of nitrogens with zero attached hydrogens (tertiary/aromatic N) is 1. The molecule has 2 fully saturated rings. The number of piperidine rings is 1. The van der Waals surface area contributed by atoms with Gasteiger partial charge in [-0.3, -0.25) is 10.1 Å². The van der Waals surface area contributed by atoms with Gasteiger partial charge in [0.15, 0.2) is 5.78 Å². The Bertz CT molecular complexity index is 517. The average molecular weight is 389 g/mol. The van der Waals surface area contributed by atoms with Gasteiger partial charge >= 0.3 is 0 Å². The summed E-state index contributed by atoms with van der Waals surface area (Å²) in [6, 6.07) is 0. The maximum Gasteiger partial charge on any atom is 0.152 e. The lowest BCUT2D eigenvalue weighted by Crippen LogP contribution is -2.94. The first-order valence-corrected chi connectivity index (χ1v) is 9.54. The van der Waals surface area contributed by atoms with Gasteiger partial charge < -0.3 is 25.8 Å². The summed E-state index contributed by atoms with van der Waals surface area (Å²) in [4.78, 5) is 22.5. The Balaban J connectivity index is 0.00000176. The third kappa shape index (κ3) is 3.68. The number of aliphatic hydroxyl groups is 3. The molecule has 2 aliphatic heterocycles. The smallest absolute Gasteiger partial charge is 0.152 e. The molecular formula is C18H35N3O6. The third-order valence-corrected chi connectivity index (χ3v) is 6.34. The normalized spacial score (nSPS) is 35.8. The van der Waals surface area contributed by atoms with Crippen LogP contribution in [0.1, 0.15) is 46.5 Å². The summed E-state index contributed by atoms with van der Waals surface area (Å²) in [5.41, 5.74) is 2.71. The second-order valence-electron chi connectivity index (χ2n) is 7.51. The number of ketones is 1. The van der Waals surface area contributed by atoms with Crippen LogP contribution in [-0.2, 0) is 9.53 Å². The molecule has 9 nitrogen and oxygen atoms in total. The van der Waals surface area contributed by atoms with Crippen LogP contribution in [0.2, 0.25) is 0 Å². The second kappa shape index (κ2) is 9.49. The van der Waals surface area contributed by atoms with E-state index in [2.05, 4.69) is 10.5 Å². The minimum Gasteiger partial charge on any atom is -0.400 e. The number of rotatable bonds is 9. The zero-order valence-corrected chi connectivity index (χ0v) is 16.8. The number of nitrogens with two attached hydrogens (primary N) is 1. The third-order valence-electron chi connectivity index (χ3n) is 6.34. The number of carbonyl (C=O) groups is 1. The van der Waals surface area contributed by atoms with Crippen molar-refractivity contribution in [2.75, 3.05) is 26.8 Å². The Morgan fingerprint density at radius 1 is 1.44 bits per heavy atom. The van der Waals surface area contributed by atoms with Crippen LogP contribution in [0, 0.1) is 16.7 Å². The molecule has 0 aromatic rings. The van der Waals surface area contributed by atoms with Crippen molar-refractivity contribution in [3.8, 4) is 0 Å². The van der Waals surface area contributed by atoms with E-state index in [-0.39, 0.29) is 31.4 Å². The van der Waals surface area contributed by atoms with E-state index in [0.717, 1.165) is 7.11 Å². The average Bonchev–Trinajstić information content (AvgIpc) is 2.63. The molecule has 0 bridgehead atoms. The number of ether oxygens (including phenoxy) is 1. The SMILES string of the molecule is CCC1C(=O)CNC2(C(N)(O)C(CO)CCCCN=O)C(C)OC12C.CO. The van der Waals surface area contributed by atoms with Gasteiger partial charge in [-0.25, -0.2) is 0 Å². The topological polar surface area (TPSA) is 154 Å². The van der Waals surface area contributed by atoms with E-state index in [1.165, 1.54) is 0 Å². The molecule has 0 amide bonds. The molecule has 0 spiro atoms. The molecule has 2 saturated heterocycles. The molecule has 0 aliphatic carbocycles. The van der Waals surface area contributed by atoms with Crippen LogP contribution in [-0.4, -0.2) is 70.9 Å². The largest absolute Gasteiger partial charge is 0.400 e. The molecule has 6 N–H and O–H groups in total. The summed E-state index contributed by atoms with van der Waals surface area (Å²) >= 11 is 0. The van der Waals surface area contributed by atoms with Gasteiger partial charge in [0.1, 0.15) is 16.9 Å². The Morgan fingerprint density at radius 3 is 2.56 bits per heavy atom. The highest BCUT2D eigenvalue weighted by molar-refractivity contribution is 5.86. The van der Waals surface area contributed by atoms with Gasteiger partial charge in [-0.2, -0.15) is 4.91 Å². The van der Waals surface area contributed by atoms with Crippen LogP contribution < -0.4 is 11.1 Å². The highest BCUT2D eigenvalue weighted by atomic mass is 16.6. The molecule has 6 unspecified atom stereocenters. The van der Waals surface area contributed by atoms with Crippen LogP contribution in [0.25, 0.3) is 0 Å². The van der Waals surface area contributed by atoms with Gasteiger partial charge in [0.2, 0.25) is 0 Å². The lowest BCUT2D eigenvalue weighted by Gasteiger charge is -2.71. The number of nitroso groups, excluding NO2 is 1. The molecule has 0 radical (unpaired) electrons. The lowest BCUT2D eigenvalue weighted by atomic mass is 9.54. The molecule has 9 heteroatoms. The van der Waals surface area contributed by atoms with Crippen molar-refractivity contribution in [1.29, 1.82) is 0 Å². The Morgan fingerprint density at radius 2 is 2.07 bits per heavy atom. The molecule has 2 rings (SSSR count). The van der Waals surface area contributed by atoms with Crippen molar-refractivity contribution in [1.82, 2.24) is 5.32 Å². The Kier molecular flexibility index (Phi) is 8.46. The van der Waals surface area contributed by atoms with Gasteiger partial charge in [0.05, 0.1) is 25.8 Å². The summed E-state index contributed by atoms with van der Waals surface area (Å²) in [6.07, 6.45) is 1.84. The monoisotopic (exact) mass is 389 g/mol. The molecule has 2 aliphatic rings. The Hall–Kier alpha value is -0.970. The first-order valence-electron chi connectivity index (χ1n) is 9.54. The summed E-state index contributed by atoms with van der Waals surface area (Å²) < 4.78 is 5.97. The molecular weight excluding hydrogens is 354 g/mol. The number of Topliss-reactive ketones (excluding diaryl/α,β-unsaturated/α-hetero) is 1. The maximum absolute atomic E-state index is 12.3. The van der Waals surface area contributed by atoms with E-state index in [1.807, 2.05) is 20.8 Å². The van der Waals surface area contributed by atoms with Crippen LogP contribution >= 0.6 is 0 Å². The van der Waals surface area contributed by atoms with Crippen LogP contribution in [0.15, 0.2) is 5.18 Å². The van der Waals surface area contributed by atoms with Gasteiger partial charge in [-0.15, -0.1) is 0 Å². The summed E-state index contributed by atoms with van der Waals surface area (Å²) in [5, 5.41) is 34.2. The number of hydrogen-bond acceptors (Lipinski definition) is 9. The van der Waals surface area contributed by atoms with E-state index in [9.17, 15) is 19.9 Å². The van der Waals surface area contributed by atoms with Crippen molar-refractivity contribution in [3.05, 3.63) is 4.91 Å². The highest BCUT2D eigenvalue weighted by Gasteiger charge is 2.76. The fourth-order valence-electron chi connectivity index (χ4n) is 5.05. The molecule has 0 aromatic heterocycles. The standard InChI is InChI=1S/C17H31N3O5.CH4O/c1-4-13-14(22)9-19-16(11(2)25-15(13,16)3)17(18,23)12(10-21)7-5-6-8-20-24;1-2/h11-13,19,21,23H,4-10,18H2,1-3H3;2H,1H3. The number of hydrogen-bond donors (Lipinski definition) is 5. The first-order chi connectivity index (χ1) is 12.7. The van der Waals surface area contributed by atoms with Crippen molar-refractivity contribution in [2.45, 2.75) is 69.4 Å². The summed E-state index contributed by atoms with van der Waals surface area (Å²) in [6.45, 7) is 5.58. The predicted molar refractivity (Wildman–Crippen MR) is 101 cm³/mol. The minimum absolute atomic E-state index is 0.0425. The quantitative estimate of drug-likeness (QED) is 0.208. The van der Waals surface area contributed by atoms with Crippen molar-refractivity contribution >= 4 is 5.78 Å². The van der Waals surface area contributed by atoms with Gasteiger partial charge in [0.25, 0.3) is 0 Å². The number of carbonyl (C=O) groups excluding carboxylic acids is 1. The van der Waals surface area contributed by atoms with E-state index in [0.29, 0.717) is 25.7 Å². The lowest BCUT2D eigenvalue weighted by molar-refractivity contribution is -0.353. The predicted octanol–water partition coefficient (Wildman–Crippen LogP) is -0.0979. The van der Waals surface area contributed by atoms with Gasteiger partial charge in [-0.1, -0.05) is 18.5 Å². The van der Waals surface area contributed by atoms with E-state index in [1.54, 1.807) is 0 Å². The summed E-state index contributed by atoms with van der Waals surface area (Å²) in [5.74, 6) is -0.928. The number of fused-ring (bicyclic) bond motifs is 1. The fourth-order valence-corrected chi connectivity index (χ4v) is 5.05. The summed E-state index contributed by atoms with van der Waals surface area (Å²) in [7, 11) is 1.00. The van der Waals surface area contributed by atoms with Crippen molar-refractivity contribution < 1.29 is 24.9 Å². The van der Waals surface area contributed by atoms with E-state index in [4.69, 9.17) is 15.6 Å². The van der Waals surface area contributed by atoms with Crippen LogP contribution in [0.3, 0.4) is 0 Å². The molecule has 2 heterocycles. The molecule has 27 heavy (non-hydrogen) atoms. The zero-order valence-electron chi connectivity index (χ0n) is 16.8. The molecule has 6 atom stereocenters. The van der Waals surface area contributed by atoms with Crippen molar-refractivity contribution in [3.63, 3.8) is 0 Å². The van der Waals surface area contributed by atoms with E-state index < -0.39 is 28.9 Å². The highest BCUT2D eigenvalue weighted by Crippen LogP contribution is 2.56. The number of aliphatic hydroxyl groups excluding tert-OH is 2. The maximum atomic E-state index is 12.3. The van der Waals surface area contributed by atoms with Gasteiger partial charge in [-0.05, 0) is 33.1 Å². The molecule has 0 saturated carbocycles. The first kappa shape index (κ1) is 24.1. The van der Waals surface area contributed by atoms with Gasteiger partial charge in [0, 0.05) is 18.9 Å². The molecule has 158 valence electrons. The minimum atomic E-state index is -1.77. The zero-order chi connectivity index (χ0) is 20.9. The Labute approximate surface area is 160 Å². The fraction of sp³-hybridized carbons (Fsp3) is 0.944. The number of unbranched alkanes of at least 4 members (excludes halogenated alkanes) is 1. The van der Waals surface area contributed by atoms with E-state index >= 15 is 0 Å². The second-order valence-corrected chi connectivity index (χ2v) is 7.51. The van der Waals surface area contributed by atoms with Crippen LogP contribution in [0.4, 0.5) is 0 Å². The van der Waals surface area contributed by atoms with Crippen molar-refractivity contribution in [2.24, 2.45) is 22.7 Å². The van der Waals surface area contributed by atoms with Crippen LogP contribution in [0.5, 0.6) is 0 Å². The number of nitrogens with one attached hydrogen (secondary N) is 1. The molecule has 0 aromatic carbocycles.